The number of aryl methyl sites for hydroxylation is 1. The number of nitrogens with one attached hydrogen (secondary N) is 1. The van der Waals surface area contributed by atoms with Crippen molar-refractivity contribution in [1.82, 2.24) is 5.32 Å². The van der Waals surface area contributed by atoms with Gasteiger partial charge in [-0.2, -0.15) is 0 Å². The van der Waals surface area contributed by atoms with Gasteiger partial charge in [-0.15, -0.1) is 11.8 Å². The summed E-state index contributed by atoms with van der Waals surface area (Å²) in [5.41, 5.74) is 3.37. The number of nitrogens with zero attached hydrogens (tertiary/aromatic N) is 1. The van der Waals surface area contributed by atoms with Gasteiger partial charge in [0.05, 0.1) is 5.69 Å². The van der Waals surface area contributed by atoms with Crippen molar-refractivity contribution in [2.75, 3.05) is 24.2 Å². The first kappa shape index (κ1) is 10.2. The van der Waals surface area contributed by atoms with Gasteiger partial charge in [0.1, 0.15) is 0 Å². The van der Waals surface area contributed by atoms with Gasteiger partial charge in [-0.3, -0.25) is 10.1 Å². The number of thioether (sulfide) groups is 1. The highest BCUT2D eigenvalue weighted by Gasteiger charge is 2.52. The molecule has 16 heavy (non-hydrogen) atoms. The molecule has 1 aromatic rings. The van der Waals surface area contributed by atoms with E-state index >= 15 is 0 Å². The second kappa shape index (κ2) is 3.25. The zero-order valence-electron chi connectivity index (χ0n) is 9.41. The number of carbonyl (C=O) groups is 1. The molecular weight excluding hydrogens is 220 g/mol. The van der Waals surface area contributed by atoms with Crippen LogP contribution in [-0.4, -0.2) is 25.3 Å². The van der Waals surface area contributed by atoms with Crippen molar-refractivity contribution in [3.8, 4) is 0 Å². The third-order valence-electron chi connectivity index (χ3n) is 3.35. The number of benzene rings is 1. The highest BCUT2D eigenvalue weighted by atomic mass is 32.2. The van der Waals surface area contributed by atoms with E-state index in [1.54, 1.807) is 16.7 Å². The molecule has 84 valence electrons. The Kier molecular flexibility index (Phi) is 2.06. The summed E-state index contributed by atoms with van der Waals surface area (Å²) in [4.78, 5) is 13.7. The van der Waals surface area contributed by atoms with Crippen LogP contribution in [0.2, 0.25) is 0 Å². The second-order valence-corrected chi connectivity index (χ2v) is 5.60. The fourth-order valence-electron chi connectivity index (χ4n) is 2.63. The molecule has 1 unspecified atom stereocenters. The first-order valence-electron chi connectivity index (χ1n) is 5.44. The van der Waals surface area contributed by atoms with E-state index in [1.165, 1.54) is 5.56 Å². The lowest BCUT2D eigenvalue weighted by Crippen LogP contribution is -2.43. The number of rotatable bonds is 0. The van der Waals surface area contributed by atoms with E-state index in [9.17, 15) is 4.79 Å². The van der Waals surface area contributed by atoms with Gasteiger partial charge in [-0.25, -0.2) is 0 Å². The number of carbonyl (C=O) groups excluding carboxylic acids is 1. The quantitative estimate of drug-likeness (QED) is 0.737. The molecule has 1 atom stereocenters. The molecule has 1 saturated heterocycles. The molecule has 0 bridgehead atoms. The summed E-state index contributed by atoms with van der Waals surface area (Å²) in [6.45, 7) is 2.96. The van der Waals surface area contributed by atoms with Crippen molar-refractivity contribution in [1.29, 1.82) is 0 Å². The molecule has 0 saturated carbocycles. The Morgan fingerprint density at radius 2 is 2.31 bits per heavy atom. The van der Waals surface area contributed by atoms with Gasteiger partial charge in [0.2, 0.25) is 0 Å². The summed E-state index contributed by atoms with van der Waals surface area (Å²) in [6, 6.07) is 6.15. The van der Waals surface area contributed by atoms with Crippen molar-refractivity contribution < 1.29 is 4.79 Å². The van der Waals surface area contributed by atoms with Crippen LogP contribution in [0.4, 0.5) is 5.69 Å². The summed E-state index contributed by atoms with van der Waals surface area (Å²) in [5, 5.41) is 3.37. The van der Waals surface area contributed by atoms with Crippen LogP contribution in [0.5, 0.6) is 0 Å². The molecule has 3 rings (SSSR count). The summed E-state index contributed by atoms with van der Waals surface area (Å²) in [6.07, 6.45) is 0. The van der Waals surface area contributed by atoms with Crippen LogP contribution in [0.25, 0.3) is 0 Å². The minimum Gasteiger partial charge on any atom is -0.312 e. The van der Waals surface area contributed by atoms with Crippen LogP contribution in [0, 0.1) is 6.92 Å². The predicted octanol–water partition coefficient (Wildman–Crippen LogP) is 1.46. The molecule has 1 fully saturated rings. The van der Waals surface area contributed by atoms with E-state index < -0.39 is 4.87 Å². The van der Waals surface area contributed by atoms with Crippen molar-refractivity contribution in [3.63, 3.8) is 0 Å². The van der Waals surface area contributed by atoms with Crippen molar-refractivity contribution in [2.24, 2.45) is 0 Å². The summed E-state index contributed by atoms with van der Waals surface area (Å²) >= 11 is 1.71. The number of anilines is 1. The fourth-order valence-corrected chi connectivity index (χ4v) is 3.93. The Labute approximate surface area is 99.2 Å². The van der Waals surface area contributed by atoms with Crippen molar-refractivity contribution in [2.45, 2.75) is 11.8 Å². The first-order chi connectivity index (χ1) is 7.67. The highest BCUT2D eigenvalue weighted by Crippen LogP contribution is 2.49. The Bertz CT molecular complexity index is 466. The maximum Gasteiger partial charge on any atom is 0.262 e. The Balaban J connectivity index is 2.26. The number of amides is 1. The van der Waals surface area contributed by atoms with E-state index in [4.69, 9.17) is 0 Å². The third kappa shape index (κ3) is 1.06. The molecule has 3 nitrogen and oxygen atoms in total. The Hall–Kier alpha value is -1.000. The van der Waals surface area contributed by atoms with Crippen molar-refractivity contribution >= 4 is 23.4 Å². The number of para-hydroxylation sites is 1. The van der Waals surface area contributed by atoms with Gasteiger partial charge >= 0.3 is 0 Å². The van der Waals surface area contributed by atoms with Crippen LogP contribution in [0.3, 0.4) is 0 Å². The van der Waals surface area contributed by atoms with Gasteiger partial charge in [-0.05, 0) is 12.5 Å². The van der Waals surface area contributed by atoms with Crippen LogP contribution < -0.4 is 10.2 Å². The normalized spacial score (nSPS) is 27.9. The maximum absolute atomic E-state index is 12.4. The molecule has 1 spiro atoms. The summed E-state index contributed by atoms with van der Waals surface area (Å²) in [5.74, 6) is 1.16. The monoisotopic (exact) mass is 234 g/mol. The molecule has 2 heterocycles. The van der Waals surface area contributed by atoms with E-state index in [2.05, 4.69) is 24.4 Å². The maximum atomic E-state index is 12.4. The van der Waals surface area contributed by atoms with E-state index in [-0.39, 0.29) is 5.91 Å². The van der Waals surface area contributed by atoms with E-state index in [1.807, 2.05) is 13.1 Å². The SMILES string of the molecule is Cc1cccc2c1N(C)C(=O)C21NCCS1. The standard InChI is InChI=1S/C12H14N2OS/c1-8-4-3-5-9-10(8)14(2)11(15)12(9)13-6-7-16-12/h3-5,13H,6-7H2,1-2H3. The number of likely N-dealkylation sites (N-methyl/N-ethyl adjacent to an activating group) is 1. The average Bonchev–Trinajstić information content (AvgIpc) is 2.83. The lowest BCUT2D eigenvalue weighted by molar-refractivity contribution is -0.120. The van der Waals surface area contributed by atoms with Crippen LogP contribution in [0.15, 0.2) is 18.2 Å². The summed E-state index contributed by atoms with van der Waals surface area (Å²) in [7, 11) is 1.86. The zero-order chi connectivity index (χ0) is 11.3. The number of hydrogen-bond donors (Lipinski definition) is 1. The molecule has 0 aromatic heterocycles. The zero-order valence-corrected chi connectivity index (χ0v) is 10.2. The van der Waals surface area contributed by atoms with Gasteiger partial charge in [0.25, 0.3) is 5.91 Å². The van der Waals surface area contributed by atoms with Gasteiger partial charge in [-0.1, -0.05) is 18.2 Å². The molecule has 1 N–H and O–H groups in total. The smallest absolute Gasteiger partial charge is 0.262 e. The molecular formula is C12H14N2OS. The lowest BCUT2D eigenvalue weighted by Gasteiger charge is -2.21. The minimum atomic E-state index is -0.504. The number of fused-ring (bicyclic) bond motifs is 2. The predicted molar refractivity (Wildman–Crippen MR) is 66.7 cm³/mol. The Morgan fingerprint density at radius 1 is 1.50 bits per heavy atom. The second-order valence-electron chi connectivity index (χ2n) is 4.29. The van der Waals surface area contributed by atoms with Crippen molar-refractivity contribution in [3.05, 3.63) is 29.3 Å². The molecule has 2 aliphatic heterocycles. The molecule has 4 heteroatoms. The summed E-state index contributed by atoms with van der Waals surface area (Å²) < 4.78 is 0. The number of hydrogen-bond acceptors (Lipinski definition) is 3. The molecule has 1 amide bonds. The molecule has 0 aliphatic carbocycles. The molecule has 0 radical (unpaired) electrons. The minimum absolute atomic E-state index is 0.166. The molecule has 2 aliphatic rings. The highest BCUT2D eigenvalue weighted by molar-refractivity contribution is 8.01. The van der Waals surface area contributed by atoms with E-state index in [0.717, 1.165) is 23.5 Å². The molecule has 1 aromatic carbocycles. The fraction of sp³-hybridized carbons (Fsp3) is 0.417. The average molecular weight is 234 g/mol. The van der Waals surface area contributed by atoms with Crippen LogP contribution in [-0.2, 0) is 9.67 Å². The Morgan fingerprint density at radius 3 is 3.00 bits per heavy atom. The first-order valence-corrected chi connectivity index (χ1v) is 6.42. The topological polar surface area (TPSA) is 32.3 Å². The van der Waals surface area contributed by atoms with Gasteiger partial charge in [0, 0.05) is 24.9 Å². The largest absolute Gasteiger partial charge is 0.312 e. The van der Waals surface area contributed by atoms with Gasteiger partial charge in [0.15, 0.2) is 4.87 Å². The third-order valence-corrected chi connectivity index (χ3v) is 4.73. The van der Waals surface area contributed by atoms with Crippen LogP contribution in [0.1, 0.15) is 11.1 Å². The van der Waals surface area contributed by atoms with E-state index in [0.29, 0.717) is 0 Å². The lowest BCUT2D eigenvalue weighted by atomic mass is 10.0. The van der Waals surface area contributed by atoms with Gasteiger partial charge < -0.3 is 4.90 Å². The van der Waals surface area contributed by atoms with Crippen LogP contribution >= 0.6 is 11.8 Å².